The molecule has 1 saturated heterocycles. The zero-order chi connectivity index (χ0) is 15.2. The normalized spacial score (nSPS) is 40.2. The van der Waals surface area contributed by atoms with Gasteiger partial charge < -0.3 is 5.11 Å². The van der Waals surface area contributed by atoms with Crippen molar-refractivity contribution in [3.63, 3.8) is 0 Å². The molecule has 4 unspecified atom stereocenters. The van der Waals surface area contributed by atoms with Crippen LogP contribution in [-0.2, 0) is 14.4 Å². The van der Waals surface area contributed by atoms with Gasteiger partial charge in [-0.15, -0.1) is 0 Å². The highest BCUT2D eigenvalue weighted by molar-refractivity contribution is 6.09. The van der Waals surface area contributed by atoms with E-state index in [9.17, 15) is 19.5 Å². The minimum Gasteiger partial charge on any atom is -0.479 e. The largest absolute Gasteiger partial charge is 0.479 e. The predicted molar refractivity (Wildman–Crippen MR) is 75.3 cm³/mol. The van der Waals surface area contributed by atoms with Crippen LogP contribution in [0.3, 0.4) is 0 Å². The molecule has 1 heterocycles. The molecule has 2 amide bonds. The van der Waals surface area contributed by atoms with Gasteiger partial charge in [0.25, 0.3) is 0 Å². The molecule has 0 aromatic rings. The van der Waals surface area contributed by atoms with Crippen molar-refractivity contribution >= 4 is 17.8 Å². The molecule has 2 saturated carbocycles. The van der Waals surface area contributed by atoms with Gasteiger partial charge in [-0.05, 0) is 31.6 Å². The van der Waals surface area contributed by atoms with Gasteiger partial charge in [0.2, 0.25) is 11.8 Å². The Morgan fingerprint density at radius 1 is 1.10 bits per heavy atom. The highest BCUT2D eigenvalue weighted by Crippen LogP contribution is 2.46. The molecule has 0 spiro atoms. The maximum atomic E-state index is 12.7. The second-order valence-corrected chi connectivity index (χ2v) is 7.05. The molecule has 0 bridgehead atoms. The van der Waals surface area contributed by atoms with E-state index in [2.05, 4.69) is 0 Å². The molecule has 3 fully saturated rings. The highest BCUT2D eigenvalue weighted by Gasteiger charge is 2.59. The summed E-state index contributed by atoms with van der Waals surface area (Å²) in [5.74, 6) is -1.74. The Hall–Kier alpha value is -1.39. The number of imide groups is 1. The van der Waals surface area contributed by atoms with Crippen molar-refractivity contribution in [2.45, 2.75) is 63.8 Å². The van der Waals surface area contributed by atoms with Gasteiger partial charge in [-0.2, -0.15) is 0 Å². The number of fused-ring (bicyclic) bond motifs is 1. The summed E-state index contributed by atoms with van der Waals surface area (Å²) in [4.78, 5) is 38.5. The molecule has 1 aliphatic heterocycles. The highest BCUT2D eigenvalue weighted by atomic mass is 16.4. The van der Waals surface area contributed by atoms with Crippen LogP contribution in [0.15, 0.2) is 0 Å². The van der Waals surface area contributed by atoms with Crippen LogP contribution >= 0.6 is 0 Å². The van der Waals surface area contributed by atoms with Gasteiger partial charge in [0.05, 0.1) is 11.8 Å². The molecule has 116 valence electrons. The van der Waals surface area contributed by atoms with Gasteiger partial charge in [0.1, 0.15) is 5.54 Å². The van der Waals surface area contributed by atoms with Crippen LogP contribution in [0, 0.1) is 17.8 Å². The first-order valence-corrected chi connectivity index (χ1v) is 8.08. The smallest absolute Gasteiger partial charge is 0.330 e. The molecule has 3 rings (SSSR count). The number of rotatable bonds is 2. The lowest BCUT2D eigenvalue weighted by molar-refractivity contribution is -0.167. The maximum absolute atomic E-state index is 12.7. The average Bonchev–Trinajstić information content (AvgIpc) is 2.71. The lowest BCUT2D eigenvalue weighted by Gasteiger charge is -2.42. The third-order valence-corrected chi connectivity index (χ3v) is 5.64. The third kappa shape index (κ3) is 2.09. The molecule has 0 aromatic carbocycles. The summed E-state index contributed by atoms with van der Waals surface area (Å²) < 4.78 is 0. The zero-order valence-corrected chi connectivity index (χ0v) is 12.5. The summed E-state index contributed by atoms with van der Waals surface area (Å²) in [6, 6.07) is 0. The van der Waals surface area contributed by atoms with E-state index in [-0.39, 0.29) is 29.6 Å². The van der Waals surface area contributed by atoms with E-state index in [0.717, 1.165) is 38.5 Å². The van der Waals surface area contributed by atoms with E-state index in [1.165, 1.54) is 4.90 Å². The fraction of sp³-hybridized carbons (Fsp3) is 0.812. The summed E-state index contributed by atoms with van der Waals surface area (Å²) in [6.45, 7) is 2.01. The number of amides is 2. The van der Waals surface area contributed by atoms with Crippen LogP contribution in [0.2, 0.25) is 0 Å². The molecule has 1 N–H and O–H groups in total. The first kappa shape index (κ1) is 14.5. The Kier molecular flexibility index (Phi) is 3.54. The predicted octanol–water partition coefficient (Wildman–Crippen LogP) is 2.20. The fourth-order valence-corrected chi connectivity index (χ4v) is 4.60. The van der Waals surface area contributed by atoms with Crippen molar-refractivity contribution in [1.29, 1.82) is 0 Å². The van der Waals surface area contributed by atoms with E-state index in [1.54, 1.807) is 0 Å². The van der Waals surface area contributed by atoms with Gasteiger partial charge in [-0.1, -0.05) is 32.6 Å². The van der Waals surface area contributed by atoms with Gasteiger partial charge in [-0.25, -0.2) is 4.79 Å². The lowest BCUT2D eigenvalue weighted by Crippen LogP contribution is -2.59. The quantitative estimate of drug-likeness (QED) is 0.792. The van der Waals surface area contributed by atoms with Crippen molar-refractivity contribution < 1.29 is 19.5 Å². The second-order valence-electron chi connectivity index (χ2n) is 7.05. The zero-order valence-electron chi connectivity index (χ0n) is 12.5. The molecule has 2 aliphatic carbocycles. The van der Waals surface area contributed by atoms with E-state index in [1.807, 2.05) is 6.92 Å². The monoisotopic (exact) mass is 293 g/mol. The molecular weight excluding hydrogens is 270 g/mol. The van der Waals surface area contributed by atoms with Crippen LogP contribution in [0.25, 0.3) is 0 Å². The van der Waals surface area contributed by atoms with E-state index in [0.29, 0.717) is 12.8 Å². The van der Waals surface area contributed by atoms with Gasteiger partial charge in [0, 0.05) is 0 Å². The molecule has 21 heavy (non-hydrogen) atoms. The first-order chi connectivity index (χ1) is 9.97. The molecular formula is C16H23NO4. The topological polar surface area (TPSA) is 74.7 Å². The first-order valence-electron chi connectivity index (χ1n) is 8.08. The van der Waals surface area contributed by atoms with Crippen LogP contribution in [0.5, 0.6) is 0 Å². The number of carboxylic acids is 1. The van der Waals surface area contributed by atoms with Crippen molar-refractivity contribution in [1.82, 2.24) is 4.90 Å². The minimum atomic E-state index is -1.29. The second kappa shape index (κ2) is 5.11. The Morgan fingerprint density at radius 2 is 1.67 bits per heavy atom. The summed E-state index contributed by atoms with van der Waals surface area (Å²) in [5, 5.41) is 9.79. The number of carboxylic acid groups (broad SMARTS) is 1. The molecule has 0 radical (unpaired) electrons. The summed E-state index contributed by atoms with van der Waals surface area (Å²) in [7, 11) is 0. The third-order valence-electron chi connectivity index (χ3n) is 5.64. The Balaban J connectivity index is 1.98. The average molecular weight is 293 g/mol. The standard InChI is InChI=1S/C16H23NO4/c1-10-5-4-8-16(9-10,15(20)21)17-13(18)11-6-2-3-7-12(11)14(17)19/h10-12H,2-9H2,1H3,(H,20,21). The van der Waals surface area contributed by atoms with Crippen molar-refractivity contribution in [3.05, 3.63) is 0 Å². The number of aliphatic carboxylic acids is 1. The summed E-state index contributed by atoms with van der Waals surface area (Å²) in [5.41, 5.74) is -1.29. The van der Waals surface area contributed by atoms with E-state index < -0.39 is 11.5 Å². The van der Waals surface area contributed by atoms with Gasteiger partial charge in [-0.3, -0.25) is 14.5 Å². The maximum Gasteiger partial charge on any atom is 0.330 e. The van der Waals surface area contributed by atoms with Crippen LogP contribution < -0.4 is 0 Å². The van der Waals surface area contributed by atoms with Crippen LogP contribution in [0.4, 0.5) is 0 Å². The number of hydrogen-bond donors (Lipinski definition) is 1. The number of nitrogens with zero attached hydrogens (tertiary/aromatic N) is 1. The fourth-order valence-electron chi connectivity index (χ4n) is 4.60. The van der Waals surface area contributed by atoms with Crippen LogP contribution in [0.1, 0.15) is 58.3 Å². The number of carbonyl (C=O) groups excluding carboxylic acids is 2. The molecule has 5 heteroatoms. The number of hydrogen-bond acceptors (Lipinski definition) is 3. The van der Waals surface area contributed by atoms with Crippen molar-refractivity contribution in [2.24, 2.45) is 17.8 Å². The van der Waals surface area contributed by atoms with Crippen LogP contribution in [-0.4, -0.2) is 33.3 Å². The van der Waals surface area contributed by atoms with Crippen molar-refractivity contribution in [2.75, 3.05) is 0 Å². The molecule has 0 aromatic heterocycles. The van der Waals surface area contributed by atoms with Crippen molar-refractivity contribution in [3.8, 4) is 0 Å². The van der Waals surface area contributed by atoms with E-state index in [4.69, 9.17) is 0 Å². The molecule has 4 atom stereocenters. The Morgan fingerprint density at radius 3 is 2.14 bits per heavy atom. The summed E-state index contributed by atoms with van der Waals surface area (Å²) >= 11 is 0. The number of likely N-dealkylation sites (tertiary alicyclic amines) is 1. The lowest BCUT2D eigenvalue weighted by atomic mass is 9.75. The SMILES string of the molecule is CC1CCCC(C(=O)O)(N2C(=O)C3CCCCC3C2=O)C1. The van der Waals surface area contributed by atoms with Gasteiger partial charge >= 0.3 is 5.97 Å². The summed E-state index contributed by atoms with van der Waals surface area (Å²) in [6.07, 6.45) is 5.93. The van der Waals surface area contributed by atoms with E-state index >= 15 is 0 Å². The molecule has 3 aliphatic rings. The minimum absolute atomic E-state index is 0.221. The Labute approximate surface area is 124 Å². The molecule has 5 nitrogen and oxygen atoms in total. The Bertz CT molecular complexity index is 465. The number of carbonyl (C=O) groups is 3. The van der Waals surface area contributed by atoms with Gasteiger partial charge in [0.15, 0.2) is 0 Å².